The molecule has 1 aromatic heterocycles. The van der Waals surface area contributed by atoms with Gasteiger partial charge in [0.2, 0.25) is 10.0 Å². The van der Waals surface area contributed by atoms with Crippen LogP contribution in [0.4, 0.5) is 0 Å². The monoisotopic (exact) mass is 366 g/mol. The fraction of sp³-hybridized carbons (Fsp3) is 0.412. The molecule has 0 aliphatic rings. The van der Waals surface area contributed by atoms with Crippen molar-refractivity contribution in [3.05, 3.63) is 46.8 Å². The summed E-state index contributed by atoms with van der Waals surface area (Å²) >= 11 is 0. The Bertz CT molecular complexity index is 879. The Hall–Kier alpha value is -2.19. The first kappa shape index (κ1) is 19.1. The van der Waals surface area contributed by atoms with E-state index in [1.54, 1.807) is 46.8 Å². The van der Waals surface area contributed by atoms with Crippen LogP contribution in [0.5, 0.6) is 0 Å². The minimum atomic E-state index is -3.74. The predicted octanol–water partition coefficient (Wildman–Crippen LogP) is 2.73. The van der Waals surface area contributed by atoms with Gasteiger partial charge in [0.1, 0.15) is 0 Å². The molecule has 136 valence electrons. The first-order valence-corrected chi connectivity index (χ1v) is 9.20. The number of benzene rings is 1. The summed E-state index contributed by atoms with van der Waals surface area (Å²) in [7, 11) is -3.74. The molecule has 1 N–H and O–H groups in total. The van der Waals surface area contributed by atoms with Gasteiger partial charge in [-0.3, -0.25) is 0 Å². The molecule has 0 atom stereocenters. The lowest BCUT2D eigenvalue weighted by atomic mass is 10.1. The van der Waals surface area contributed by atoms with E-state index in [0.717, 1.165) is 0 Å². The SMILES string of the molecule is Cc1cc(COC(=O)c2cc(S(=O)(=O)NC(C)(C)C)ccc2C)on1. The van der Waals surface area contributed by atoms with Crippen LogP contribution in [0.1, 0.15) is 48.1 Å². The van der Waals surface area contributed by atoms with E-state index in [0.29, 0.717) is 17.0 Å². The second-order valence-corrected chi connectivity index (χ2v) is 8.53. The van der Waals surface area contributed by atoms with Gasteiger partial charge in [0.25, 0.3) is 0 Å². The molecule has 0 unspecified atom stereocenters. The van der Waals surface area contributed by atoms with Crippen molar-refractivity contribution in [3.63, 3.8) is 0 Å². The summed E-state index contributed by atoms with van der Waals surface area (Å²) in [5.41, 5.74) is 0.860. The third-order valence-electron chi connectivity index (χ3n) is 3.20. The third-order valence-corrected chi connectivity index (χ3v) is 4.96. The van der Waals surface area contributed by atoms with Crippen molar-refractivity contribution in [1.29, 1.82) is 0 Å². The van der Waals surface area contributed by atoms with Crippen molar-refractivity contribution >= 4 is 16.0 Å². The molecule has 8 heteroatoms. The van der Waals surface area contributed by atoms with E-state index in [1.165, 1.54) is 12.1 Å². The van der Waals surface area contributed by atoms with Crippen LogP contribution >= 0.6 is 0 Å². The molecule has 7 nitrogen and oxygen atoms in total. The molecule has 0 amide bonds. The minimum Gasteiger partial charge on any atom is -0.454 e. The molecule has 2 aromatic rings. The van der Waals surface area contributed by atoms with Crippen molar-refractivity contribution in [3.8, 4) is 0 Å². The van der Waals surface area contributed by atoms with Crippen molar-refractivity contribution in [1.82, 2.24) is 9.88 Å². The van der Waals surface area contributed by atoms with Crippen LogP contribution in [0.25, 0.3) is 0 Å². The number of aryl methyl sites for hydroxylation is 2. The lowest BCUT2D eigenvalue weighted by Crippen LogP contribution is -2.40. The van der Waals surface area contributed by atoms with Crippen molar-refractivity contribution in [2.45, 2.75) is 51.7 Å². The van der Waals surface area contributed by atoms with Gasteiger partial charge in [0.15, 0.2) is 12.4 Å². The summed E-state index contributed by atoms with van der Waals surface area (Å²) in [6.45, 7) is 8.63. The van der Waals surface area contributed by atoms with E-state index in [1.807, 2.05) is 0 Å². The molecule has 0 saturated carbocycles. The van der Waals surface area contributed by atoms with Crippen molar-refractivity contribution < 1.29 is 22.5 Å². The standard InChI is InChI=1S/C17H22N2O5S/c1-11-6-7-14(25(21,22)19-17(3,4)5)9-15(11)16(20)23-10-13-8-12(2)18-24-13/h6-9,19H,10H2,1-5H3. The van der Waals surface area contributed by atoms with Crippen LogP contribution in [0.2, 0.25) is 0 Å². The number of ether oxygens (including phenoxy) is 1. The summed E-state index contributed by atoms with van der Waals surface area (Å²) < 4.78 is 37.6. The second-order valence-electron chi connectivity index (χ2n) is 6.84. The average Bonchev–Trinajstić information content (AvgIpc) is 2.88. The van der Waals surface area contributed by atoms with Gasteiger partial charge in [-0.1, -0.05) is 11.2 Å². The zero-order valence-corrected chi connectivity index (χ0v) is 15.7. The number of rotatable bonds is 5. The molecule has 0 aliphatic carbocycles. The molecular formula is C17H22N2O5S. The van der Waals surface area contributed by atoms with Gasteiger partial charge >= 0.3 is 5.97 Å². The Morgan fingerprint density at radius 3 is 2.48 bits per heavy atom. The molecule has 0 fully saturated rings. The fourth-order valence-electron chi connectivity index (χ4n) is 2.15. The number of aromatic nitrogens is 1. The van der Waals surface area contributed by atoms with Gasteiger partial charge in [-0.05, 0) is 52.3 Å². The van der Waals surface area contributed by atoms with Gasteiger partial charge in [-0.2, -0.15) is 0 Å². The molecule has 0 spiro atoms. The van der Waals surface area contributed by atoms with Crippen LogP contribution in [0.15, 0.2) is 33.7 Å². The van der Waals surface area contributed by atoms with E-state index in [2.05, 4.69) is 9.88 Å². The molecule has 25 heavy (non-hydrogen) atoms. The number of nitrogens with zero attached hydrogens (tertiary/aromatic N) is 1. The summed E-state index contributed by atoms with van der Waals surface area (Å²) in [5.74, 6) is -0.207. The molecule has 0 aliphatic heterocycles. The van der Waals surface area contributed by atoms with E-state index in [4.69, 9.17) is 9.26 Å². The highest BCUT2D eigenvalue weighted by atomic mass is 32.2. The quantitative estimate of drug-likeness (QED) is 0.817. The van der Waals surface area contributed by atoms with Gasteiger partial charge < -0.3 is 9.26 Å². The van der Waals surface area contributed by atoms with Crippen LogP contribution in [-0.2, 0) is 21.4 Å². The third kappa shape index (κ3) is 5.14. The number of carbonyl (C=O) groups excluding carboxylic acids is 1. The Labute approximate surface area is 147 Å². The summed E-state index contributed by atoms with van der Waals surface area (Å²) in [4.78, 5) is 12.3. The summed E-state index contributed by atoms with van der Waals surface area (Å²) in [5, 5.41) is 3.71. The lowest BCUT2D eigenvalue weighted by molar-refractivity contribution is 0.0436. The predicted molar refractivity (Wildman–Crippen MR) is 91.6 cm³/mol. The van der Waals surface area contributed by atoms with Crippen LogP contribution < -0.4 is 4.72 Å². The van der Waals surface area contributed by atoms with Crippen molar-refractivity contribution in [2.75, 3.05) is 0 Å². The largest absolute Gasteiger partial charge is 0.454 e. The molecule has 1 heterocycles. The van der Waals surface area contributed by atoms with Gasteiger partial charge in [0, 0.05) is 11.6 Å². The highest BCUT2D eigenvalue weighted by molar-refractivity contribution is 7.89. The zero-order valence-electron chi connectivity index (χ0n) is 14.9. The van der Waals surface area contributed by atoms with Crippen molar-refractivity contribution in [2.24, 2.45) is 0 Å². The zero-order chi connectivity index (χ0) is 18.8. The Morgan fingerprint density at radius 1 is 1.24 bits per heavy atom. The first-order chi connectivity index (χ1) is 11.5. The molecule has 1 aromatic carbocycles. The minimum absolute atomic E-state index is 0.00971. The number of esters is 1. The average molecular weight is 366 g/mol. The maximum absolute atomic E-state index is 12.4. The highest BCUT2D eigenvalue weighted by Gasteiger charge is 2.24. The highest BCUT2D eigenvalue weighted by Crippen LogP contribution is 2.19. The summed E-state index contributed by atoms with van der Waals surface area (Å²) in [6.07, 6.45) is 0. The van der Waals surface area contributed by atoms with E-state index in [-0.39, 0.29) is 17.1 Å². The lowest BCUT2D eigenvalue weighted by Gasteiger charge is -2.20. The molecule has 0 saturated heterocycles. The maximum atomic E-state index is 12.4. The second kappa shape index (κ2) is 6.97. The smallest absolute Gasteiger partial charge is 0.338 e. The van der Waals surface area contributed by atoms with E-state index >= 15 is 0 Å². The fourth-order valence-corrected chi connectivity index (χ4v) is 3.59. The van der Waals surface area contributed by atoms with Gasteiger partial charge in [-0.25, -0.2) is 17.9 Å². The van der Waals surface area contributed by atoms with Gasteiger partial charge in [0.05, 0.1) is 16.2 Å². The maximum Gasteiger partial charge on any atom is 0.338 e. The first-order valence-electron chi connectivity index (χ1n) is 7.72. The Kier molecular flexibility index (Phi) is 5.34. The van der Waals surface area contributed by atoms with E-state index < -0.39 is 21.5 Å². The molecular weight excluding hydrogens is 344 g/mol. The normalized spacial score (nSPS) is 12.2. The Morgan fingerprint density at radius 2 is 1.92 bits per heavy atom. The number of hydrogen-bond acceptors (Lipinski definition) is 6. The van der Waals surface area contributed by atoms with Crippen LogP contribution in [-0.4, -0.2) is 25.1 Å². The molecule has 2 rings (SSSR count). The molecule has 0 radical (unpaired) electrons. The number of nitrogens with one attached hydrogen (secondary N) is 1. The van der Waals surface area contributed by atoms with E-state index in [9.17, 15) is 13.2 Å². The van der Waals surface area contributed by atoms with Gasteiger partial charge in [-0.15, -0.1) is 0 Å². The summed E-state index contributed by atoms with van der Waals surface area (Å²) in [6, 6.07) is 6.01. The van der Waals surface area contributed by atoms with Crippen LogP contribution in [0.3, 0.4) is 0 Å². The number of sulfonamides is 1. The number of carbonyl (C=O) groups is 1. The Balaban J connectivity index is 2.22. The topological polar surface area (TPSA) is 98.5 Å². The van der Waals surface area contributed by atoms with Crippen LogP contribution in [0, 0.1) is 13.8 Å². The number of hydrogen-bond donors (Lipinski definition) is 1. The molecule has 0 bridgehead atoms.